The summed E-state index contributed by atoms with van der Waals surface area (Å²) in [6.07, 6.45) is 3.66. The van der Waals surface area contributed by atoms with Crippen molar-refractivity contribution in [2.24, 2.45) is 0 Å². The van der Waals surface area contributed by atoms with Crippen molar-refractivity contribution in [3.05, 3.63) is 46.2 Å². The van der Waals surface area contributed by atoms with Crippen LogP contribution in [0.2, 0.25) is 0 Å². The highest BCUT2D eigenvalue weighted by Crippen LogP contribution is 2.21. The van der Waals surface area contributed by atoms with Crippen molar-refractivity contribution in [2.45, 2.75) is 33.6 Å². The normalized spacial score (nSPS) is 10.5. The topological polar surface area (TPSA) is 58.1 Å². The van der Waals surface area contributed by atoms with Gasteiger partial charge in [-0.25, -0.2) is 9.97 Å². The second-order valence-corrected chi connectivity index (χ2v) is 6.50. The summed E-state index contributed by atoms with van der Waals surface area (Å²) >= 11 is 3.47. The number of hydrogen-bond acceptors (Lipinski definition) is 4. The number of benzene rings is 1. The van der Waals surface area contributed by atoms with Gasteiger partial charge in [0.25, 0.3) is 5.91 Å². The van der Waals surface area contributed by atoms with Gasteiger partial charge >= 0.3 is 0 Å². The second-order valence-electron chi connectivity index (χ2n) is 5.65. The molecule has 1 amide bonds. The summed E-state index contributed by atoms with van der Waals surface area (Å²) in [5, 5.41) is 2.88. The Kier molecular flexibility index (Phi) is 6.73. The molecule has 0 saturated heterocycles. The number of nitrogens with zero attached hydrogens (tertiary/aromatic N) is 3. The molecule has 2 rings (SSSR count). The van der Waals surface area contributed by atoms with E-state index in [1.54, 1.807) is 12.3 Å². The van der Waals surface area contributed by atoms with Gasteiger partial charge in [-0.3, -0.25) is 4.79 Å². The van der Waals surface area contributed by atoms with Crippen molar-refractivity contribution < 1.29 is 4.79 Å². The van der Waals surface area contributed by atoms with E-state index in [1.807, 2.05) is 25.1 Å². The van der Waals surface area contributed by atoms with Gasteiger partial charge in [0, 0.05) is 29.4 Å². The summed E-state index contributed by atoms with van der Waals surface area (Å²) in [5.41, 5.74) is 2.22. The lowest BCUT2D eigenvalue weighted by molar-refractivity contribution is 0.102. The number of rotatable bonds is 7. The monoisotopic (exact) mass is 390 g/mol. The molecule has 24 heavy (non-hydrogen) atoms. The fraction of sp³-hybridized carbons (Fsp3) is 0.389. The predicted molar refractivity (Wildman–Crippen MR) is 102 cm³/mol. The van der Waals surface area contributed by atoms with Gasteiger partial charge in [0.1, 0.15) is 5.69 Å². The molecule has 1 aromatic heterocycles. The number of carbonyl (C=O) groups is 1. The van der Waals surface area contributed by atoms with Gasteiger partial charge in [0.05, 0.1) is 0 Å². The minimum Gasteiger partial charge on any atom is -0.341 e. The first kappa shape index (κ1) is 18.4. The molecule has 0 radical (unpaired) electrons. The molecule has 2 aromatic rings. The largest absolute Gasteiger partial charge is 0.341 e. The van der Waals surface area contributed by atoms with Crippen molar-refractivity contribution >= 4 is 33.5 Å². The van der Waals surface area contributed by atoms with Crippen LogP contribution in [0.1, 0.15) is 42.7 Å². The number of nitrogens with one attached hydrogen (secondary N) is 1. The van der Waals surface area contributed by atoms with Crippen LogP contribution in [-0.2, 0) is 0 Å². The van der Waals surface area contributed by atoms with E-state index in [-0.39, 0.29) is 5.91 Å². The minimum absolute atomic E-state index is 0.234. The second kappa shape index (κ2) is 8.78. The number of halogens is 1. The molecule has 0 bridgehead atoms. The Hall–Kier alpha value is -1.95. The lowest BCUT2D eigenvalue weighted by Crippen LogP contribution is -2.27. The lowest BCUT2D eigenvalue weighted by atomic mass is 10.2. The molecule has 0 aliphatic heterocycles. The molecule has 0 saturated carbocycles. The van der Waals surface area contributed by atoms with Crippen molar-refractivity contribution in [3.8, 4) is 0 Å². The summed E-state index contributed by atoms with van der Waals surface area (Å²) in [4.78, 5) is 23.3. The number of aryl methyl sites for hydroxylation is 1. The van der Waals surface area contributed by atoms with Crippen LogP contribution in [0.4, 0.5) is 11.6 Å². The zero-order valence-corrected chi connectivity index (χ0v) is 15.9. The number of hydrogen-bond donors (Lipinski definition) is 1. The van der Waals surface area contributed by atoms with Crippen LogP contribution in [0.25, 0.3) is 0 Å². The first-order valence-electron chi connectivity index (χ1n) is 8.20. The van der Waals surface area contributed by atoms with E-state index >= 15 is 0 Å². The average molecular weight is 391 g/mol. The summed E-state index contributed by atoms with van der Waals surface area (Å²) in [6.45, 7) is 8.00. The Morgan fingerprint density at radius 1 is 1.21 bits per heavy atom. The highest BCUT2D eigenvalue weighted by molar-refractivity contribution is 9.10. The molecule has 128 valence electrons. The van der Waals surface area contributed by atoms with Gasteiger partial charge in [-0.1, -0.05) is 35.8 Å². The zero-order valence-electron chi connectivity index (χ0n) is 14.3. The van der Waals surface area contributed by atoms with E-state index < -0.39 is 0 Å². The van der Waals surface area contributed by atoms with Crippen LogP contribution in [0.15, 0.2) is 34.9 Å². The highest BCUT2D eigenvalue weighted by Gasteiger charge is 2.13. The van der Waals surface area contributed by atoms with Crippen LogP contribution in [0.3, 0.4) is 0 Å². The molecule has 1 aromatic carbocycles. The molecule has 0 spiro atoms. The number of amides is 1. The highest BCUT2D eigenvalue weighted by atomic mass is 79.9. The van der Waals surface area contributed by atoms with E-state index in [0.717, 1.165) is 41.7 Å². The Morgan fingerprint density at radius 2 is 1.92 bits per heavy atom. The maximum atomic E-state index is 12.5. The van der Waals surface area contributed by atoms with Crippen molar-refractivity contribution in [1.82, 2.24) is 9.97 Å². The quantitative estimate of drug-likeness (QED) is 0.759. The molecule has 6 heteroatoms. The van der Waals surface area contributed by atoms with Crippen LogP contribution in [-0.4, -0.2) is 29.0 Å². The van der Waals surface area contributed by atoms with E-state index in [9.17, 15) is 4.79 Å². The van der Waals surface area contributed by atoms with Crippen LogP contribution in [0.5, 0.6) is 0 Å². The third-order valence-corrected chi connectivity index (χ3v) is 4.43. The van der Waals surface area contributed by atoms with Gasteiger partial charge in [-0.2, -0.15) is 0 Å². The predicted octanol–water partition coefficient (Wildman–Crippen LogP) is 4.43. The Morgan fingerprint density at radius 3 is 2.54 bits per heavy atom. The summed E-state index contributed by atoms with van der Waals surface area (Å²) in [7, 11) is 0. The van der Waals surface area contributed by atoms with Crippen LogP contribution < -0.4 is 10.2 Å². The first-order valence-corrected chi connectivity index (χ1v) is 9.00. The first-order chi connectivity index (χ1) is 11.5. The standard InChI is InChI=1S/C18H23BrN4O/c1-4-10-23(11-5-2)18-20-9-8-16(22-18)17(24)21-14-7-6-13(3)15(19)12-14/h6-9,12H,4-5,10-11H2,1-3H3,(H,21,24). The van der Waals surface area contributed by atoms with Crippen molar-refractivity contribution in [2.75, 3.05) is 23.3 Å². The van der Waals surface area contributed by atoms with E-state index in [2.05, 4.69) is 50.0 Å². The summed E-state index contributed by atoms with van der Waals surface area (Å²) in [5.74, 6) is 0.374. The summed E-state index contributed by atoms with van der Waals surface area (Å²) < 4.78 is 0.959. The molecule has 1 N–H and O–H groups in total. The molecule has 0 aliphatic carbocycles. The van der Waals surface area contributed by atoms with Gasteiger partial charge in [-0.05, 0) is 43.5 Å². The van der Waals surface area contributed by atoms with Crippen molar-refractivity contribution in [1.29, 1.82) is 0 Å². The molecule has 0 fully saturated rings. The number of aromatic nitrogens is 2. The van der Waals surface area contributed by atoms with Crippen LogP contribution in [0, 0.1) is 6.92 Å². The Labute approximate surface area is 151 Å². The number of anilines is 2. The van der Waals surface area contributed by atoms with Gasteiger partial charge in [-0.15, -0.1) is 0 Å². The SMILES string of the molecule is CCCN(CCC)c1nccc(C(=O)Nc2ccc(C)c(Br)c2)n1. The van der Waals surface area contributed by atoms with Gasteiger partial charge in [0.15, 0.2) is 0 Å². The molecule has 1 heterocycles. The maximum Gasteiger partial charge on any atom is 0.274 e. The molecule has 0 atom stereocenters. The maximum absolute atomic E-state index is 12.5. The molecule has 0 unspecified atom stereocenters. The lowest BCUT2D eigenvalue weighted by Gasteiger charge is -2.21. The molecular formula is C18H23BrN4O. The average Bonchev–Trinajstić information content (AvgIpc) is 2.58. The molecule has 0 aliphatic rings. The van der Waals surface area contributed by atoms with Crippen molar-refractivity contribution in [3.63, 3.8) is 0 Å². The fourth-order valence-corrected chi connectivity index (χ4v) is 2.72. The zero-order chi connectivity index (χ0) is 17.5. The third-order valence-electron chi connectivity index (χ3n) is 3.58. The third kappa shape index (κ3) is 4.77. The number of carbonyl (C=O) groups excluding carboxylic acids is 1. The molecular weight excluding hydrogens is 368 g/mol. The smallest absolute Gasteiger partial charge is 0.274 e. The van der Waals surface area contributed by atoms with E-state index in [1.165, 1.54) is 0 Å². The van der Waals surface area contributed by atoms with Gasteiger partial charge in [0.2, 0.25) is 5.95 Å². The Balaban J connectivity index is 2.17. The van der Waals surface area contributed by atoms with E-state index in [4.69, 9.17) is 0 Å². The Bertz CT molecular complexity index is 699. The molecule has 5 nitrogen and oxygen atoms in total. The fourth-order valence-electron chi connectivity index (χ4n) is 2.34. The minimum atomic E-state index is -0.234. The van der Waals surface area contributed by atoms with E-state index in [0.29, 0.717) is 11.6 Å². The summed E-state index contributed by atoms with van der Waals surface area (Å²) in [6, 6.07) is 7.35. The van der Waals surface area contributed by atoms with Gasteiger partial charge < -0.3 is 10.2 Å². The van der Waals surface area contributed by atoms with Crippen LogP contribution >= 0.6 is 15.9 Å².